The van der Waals surface area contributed by atoms with Gasteiger partial charge in [0.25, 0.3) is 17.4 Å². The number of benzene rings is 1. The number of rotatable bonds is 4. The van der Waals surface area contributed by atoms with Gasteiger partial charge < -0.3 is 15.5 Å². The molecule has 1 aliphatic carbocycles. The highest BCUT2D eigenvalue weighted by molar-refractivity contribution is 6.02. The highest BCUT2D eigenvalue weighted by Gasteiger charge is 2.78. The summed E-state index contributed by atoms with van der Waals surface area (Å²) in [4.78, 5) is 42.4. The molecule has 13 nitrogen and oxygen atoms in total. The molecular weight excluding hydrogens is 504 g/mol. The molecule has 2 saturated heterocycles. The van der Waals surface area contributed by atoms with Crippen LogP contribution < -0.4 is 32.4 Å². The summed E-state index contributed by atoms with van der Waals surface area (Å²) in [5.74, 6) is -3.39. The van der Waals surface area contributed by atoms with Crippen LogP contribution in [0.3, 0.4) is 0 Å². The smallest absolute Gasteiger partial charge is 0.347 e. The van der Waals surface area contributed by atoms with Gasteiger partial charge in [-0.05, 0) is 41.9 Å². The van der Waals surface area contributed by atoms with Gasteiger partial charge in [0.05, 0.1) is 13.1 Å². The van der Waals surface area contributed by atoms with Crippen LogP contribution in [0, 0.1) is 5.41 Å². The summed E-state index contributed by atoms with van der Waals surface area (Å²) in [6.45, 7) is 4.34. The lowest BCUT2D eigenvalue weighted by Crippen LogP contribution is -2.92. The fourth-order valence-corrected chi connectivity index (χ4v) is 7.03. The summed E-state index contributed by atoms with van der Waals surface area (Å²) >= 11 is 0. The first-order chi connectivity index (χ1) is 18.3. The Morgan fingerprint density at radius 1 is 1.21 bits per heavy atom. The molecule has 3 amide bonds. The molecule has 10 N–H and O–H groups in total. The summed E-state index contributed by atoms with van der Waals surface area (Å²) in [5.41, 5.74) is 13.6. The third kappa shape index (κ3) is 3.70. The monoisotopic (exact) mass is 540 g/mol. The van der Waals surface area contributed by atoms with Crippen molar-refractivity contribution in [1.82, 2.24) is 20.9 Å². The van der Waals surface area contributed by atoms with E-state index in [0.29, 0.717) is 5.56 Å². The van der Waals surface area contributed by atoms with E-state index in [0.717, 1.165) is 35.3 Å². The Kier molecular flexibility index (Phi) is 5.50. The van der Waals surface area contributed by atoms with Crippen molar-refractivity contribution in [3.8, 4) is 0 Å². The average Bonchev–Trinajstić information content (AvgIpc) is 3.45. The molecule has 0 saturated carbocycles. The van der Waals surface area contributed by atoms with Gasteiger partial charge in [-0.3, -0.25) is 41.1 Å². The van der Waals surface area contributed by atoms with E-state index in [4.69, 9.17) is 11.5 Å². The lowest BCUT2D eigenvalue weighted by atomic mass is 9.73. The van der Waals surface area contributed by atoms with Gasteiger partial charge in [-0.15, -0.1) is 0 Å². The number of nitrogens with zero attached hydrogens (tertiary/aromatic N) is 2. The fourth-order valence-electron chi connectivity index (χ4n) is 7.03. The van der Waals surface area contributed by atoms with E-state index < -0.39 is 35.5 Å². The van der Waals surface area contributed by atoms with Crippen molar-refractivity contribution in [2.75, 3.05) is 13.1 Å². The molecule has 1 aromatic rings. The second kappa shape index (κ2) is 8.39. The number of nitrogens with one attached hydrogen (secondary N) is 4. The maximum absolute atomic E-state index is 13.6. The number of hydrogen-bond donors (Lipinski definition) is 8. The largest absolute Gasteiger partial charge is 0.358 e. The normalized spacial score (nSPS) is 32.2. The van der Waals surface area contributed by atoms with Crippen LogP contribution in [0.4, 0.5) is 0 Å². The van der Waals surface area contributed by atoms with Gasteiger partial charge in [0, 0.05) is 18.4 Å². The van der Waals surface area contributed by atoms with Crippen LogP contribution in [0.25, 0.3) is 0 Å². The van der Waals surface area contributed by atoms with Crippen molar-refractivity contribution in [2.24, 2.45) is 16.9 Å². The molecule has 0 bridgehead atoms. The Balaban J connectivity index is 1.30. The quantitative estimate of drug-likeness (QED) is 0.105. The highest BCUT2D eigenvalue weighted by Crippen LogP contribution is 2.39. The van der Waals surface area contributed by atoms with E-state index in [1.807, 2.05) is 12.1 Å². The maximum atomic E-state index is 13.6. The number of hydrogen-bond acceptors (Lipinski definition) is 9. The minimum Gasteiger partial charge on any atom is -0.358 e. The standard InChI is InChI=1S/C26H34N8O5/c1-24(2)9-8-14-13(10-24)4-3-5-15(14)21(37)30-17-12-34-23(28)29-16(11-33-18(35)6-7-19(33)36)20-25(34,26(17,38)39)32-22(27)31-20/h3-5,16-17,20,38-39H,6-12H2,1-2H3,(H6,27,28,29,30,31,32,37)/p+2/t16-,17?,20-,25-/m0/s1. The fraction of sp³-hybridized carbons (Fsp3) is 0.577. The topological polar surface area (TPSA) is 200 Å². The number of carbonyl (C=O) groups excluding carboxylic acids is 3. The molecule has 0 aromatic heterocycles. The zero-order valence-corrected chi connectivity index (χ0v) is 22.1. The molecule has 1 unspecified atom stereocenters. The van der Waals surface area contributed by atoms with Gasteiger partial charge in [0.1, 0.15) is 12.1 Å². The van der Waals surface area contributed by atoms with E-state index in [1.165, 1.54) is 4.58 Å². The van der Waals surface area contributed by atoms with Gasteiger partial charge in [-0.1, -0.05) is 26.0 Å². The van der Waals surface area contributed by atoms with Gasteiger partial charge >= 0.3 is 11.9 Å². The zero-order valence-electron chi connectivity index (χ0n) is 22.1. The molecule has 4 atom stereocenters. The Hall–Kier alpha value is -3.71. The Morgan fingerprint density at radius 3 is 2.64 bits per heavy atom. The van der Waals surface area contributed by atoms with Gasteiger partial charge in [0.15, 0.2) is 6.04 Å². The van der Waals surface area contributed by atoms with Gasteiger partial charge in [-0.25, -0.2) is 9.89 Å². The van der Waals surface area contributed by atoms with Crippen LogP contribution in [-0.2, 0) is 22.4 Å². The number of likely N-dealkylation sites (tertiary alicyclic amines) is 1. The predicted octanol–water partition coefficient (Wildman–Crippen LogP) is -4.49. The predicted molar refractivity (Wildman–Crippen MR) is 138 cm³/mol. The van der Waals surface area contributed by atoms with Crippen molar-refractivity contribution in [3.63, 3.8) is 0 Å². The lowest BCUT2D eigenvalue weighted by molar-refractivity contribution is -0.674. The minimum atomic E-state index is -2.55. The van der Waals surface area contributed by atoms with Crippen molar-refractivity contribution >= 4 is 29.6 Å². The molecule has 39 heavy (non-hydrogen) atoms. The Morgan fingerprint density at radius 2 is 1.92 bits per heavy atom. The van der Waals surface area contributed by atoms with Crippen LogP contribution in [0.15, 0.2) is 18.2 Å². The van der Waals surface area contributed by atoms with E-state index in [9.17, 15) is 24.6 Å². The van der Waals surface area contributed by atoms with Gasteiger partial charge in [-0.2, -0.15) is 0 Å². The maximum Gasteiger partial charge on any atom is 0.347 e. The van der Waals surface area contributed by atoms with Crippen LogP contribution in [-0.4, -0.2) is 92.0 Å². The van der Waals surface area contributed by atoms with Crippen LogP contribution in [0.2, 0.25) is 0 Å². The van der Waals surface area contributed by atoms with Crippen LogP contribution in [0.1, 0.15) is 54.6 Å². The van der Waals surface area contributed by atoms with Crippen LogP contribution >= 0.6 is 0 Å². The summed E-state index contributed by atoms with van der Waals surface area (Å²) in [7, 11) is 0. The highest BCUT2D eigenvalue weighted by atomic mass is 16.5. The second-order valence-electron chi connectivity index (χ2n) is 12.1. The van der Waals surface area contributed by atoms with Crippen LogP contribution in [0.5, 0.6) is 0 Å². The molecule has 6 rings (SSSR count). The summed E-state index contributed by atoms with van der Waals surface area (Å²) in [6, 6.07) is 2.98. The summed E-state index contributed by atoms with van der Waals surface area (Å²) < 4.78 is 1.53. The first-order valence-electron chi connectivity index (χ1n) is 13.4. The Labute approximate surface area is 225 Å². The zero-order chi connectivity index (χ0) is 27.9. The molecule has 0 radical (unpaired) electrons. The summed E-state index contributed by atoms with van der Waals surface area (Å²) in [5, 5.41) is 32.3. The Bertz CT molecular complexity index is 1340. The van der Waals surface area contributed by atoms with E-state index in [2.05, 4.69) is 34.8 Å². The first kappa shape index (κ1) is 25.6. The molecule has 1 aromatic carbocycles. The molecule has 1 spiro atoms. The van der Waals surface area contributed by atoms with E-state index in [-0.39, 0.29) is 55.1 Å². The third-order valence-corrected chi connectivity index (χ3v) is 9.03. The third-order valence-electron chi connectivity index (χ3n) is 9.03. The second-order valence-corrected chi connectivity index (χ2v) is 12.1. The molecule has 13 heteroatoms. The number of aliphatic hydroxyl groups is 2. The molecule has 5 aliphatic rings. The number of carbonyl (C=O) groups is 3. The molecule has 2 fully saturated rings. The number of fused-ring (bicyclic) bond motifs is 1. The van der Waals surface area contributed by atoms with Crippen molar-refractivity contribution in [3.05, 3.63) is 34.9 Å². The van der Waals surface area contributed by atoms with Crippen molar-refractivity contribution in [1.29, 1.82) is 0 Å². The lowest BCUT2D eigenvalue weighted by Gasteiger charge is -2.41. The van der Waals surface area contributed by atoms with Crippen molar-refractivity contribution < 1.29 is 34.2 Å². The van der Waals surface area contributed by atoms with E-state index in [1.54, 1.807) is 6.07 Å². The minimum absolute atomic E-state index is 0.0353. The number of amides is 3. The molecule has 208 valence electrons. The SMILES string of the molecule is CC1(C)CCc2c(cccc2C(=O)NC2C[N+]3=C(N)N[C@@H](CN4C(=O)CCC4=O)[C@@H]4[NH+]=C(N)N[C@@]43C2(O)O)C1. The molecular formula is C26H36N8O5+2. The molecule has 4 aliphatic heterocycles. The van der Waals surface area contributed by atoms with Crippen molar-refractivity contribution in [2.45, 2.75) is 75.5 Å². The first-order valence-corrected chi connectivity index (χ1v) is 13.4. The van der Waals surface area contributed by atoms with E-state index >= 15 is 0 Å². The number of nitrogens with two attached hydrogens (primary N) is 2. The number of imide groups is 1. The van der Waals surface area contributed by atoms with Gasteiger partial charge in [0.2, 0.25) is 11.8 Å². The summed E-state index contributed by atoms with van der Waals surface area (Å²) in [6.07, 6.45) is 2.83. The molecule has 4 heterocycles. The number of guanidine groups is 2. The average molecular weight is 541 g/mol.